The van der Waals surface area contributed by atoms with Crippen LogP contribution >= 0.6 is 0 Å². The number of nitrogens with two attached hydrogens (primary N) is 1. The van der Waals surface area contributed by atoms with E-state index in [2.05, 4.69) is 20.5 Å². The van der Waals surface area contributed by atoms with E-state index < -0.39 is 0 Å². The Hall–Kier alpha value is -1.95. The molecule has 3 N–H and O–H groups in total. The molecule has 0 aliphatic rings. The predicted octanol–water partition coefficient (Wildman–Crippen LogP) is 0.163. The average molecular weight is 190 g/mol. The first-order valence-corrected chi connectivity index (χ1v) is 4.07. The molecule has 2 heterocycles. The van der Waals surface area contributed by atoms with Crippen LogP contribution in [0.5, 0.6) is 0 Å². The van der Waals surface area contributed by atoms with Gasteiger partial charge in [-0.05, 0) is 0 Å². The molecule has 0 saturated heterocycles. The maximum Gasteiger partial charge on any atom is 0.143 e. The average Bonchev–Trinajstić information content (AvgIpc) is 2.65. The molecule has 0 fully saturated rings. The predicted molar refractivity (Wildman–Crippen MR) is 52.0 cm³/mol. The summed E-state index contributed by atoms with van der Waals surface area (Å²) in [6, 6.07) is 1.76. The summed E-state index contributed by atoms with van der Waals surface area (Å²) >= 11 is 0. The third-order valence-electron chi connectivity index (χ3n) is 1.82. The van der Waals surface area contributed by atoms with Gasteiger partial charge in [0.25, 0.3) is 0 Å². The zero-order chi connectivity index (χ0) is 9.97. The molecule has 0 unspecified atom stereocenters. The molecular formula is C8H10N6. The molecule has 14 heavy (non-hydrogen) atoms. The highest BCUT2D eigenvalue weighted by molar-refractivity contribution is 5.60. The second kappa shape index (κ2) is 3.43. The third-order valence-corrected chi connectivity index (χ3v) is 1.82. The highest BCUT2D eigenvalue weighted by atomic mass is 15.3. The summed E-state index contributed by atoms with van der Waals surface area (Å²) < 4.78 is 1.72. The molecule has 2 aromatic rings. The van der Waals surface area contributed by atoms with Crippen LogP contribution in [-0.4, -0.2) is 19.7 Å². The van der Waals surface area contributed by atoms with Gasteiger partial charge in [0.05, 0.1) is 11.9 Å². The van der Waals surface area contributed by atoms with Gasteiger partial charge in [-0.25, -0.2) is 15.8 Å². The molecule has 2 rings (SSSR count). The van der Waals surface area contributed by atoms with Gasteiger partial charge in [0.15, 0.2) is 0 Å². The number of hydrogen-bond acceptors (Lipinski definition) is 5. The van der Waals surface area contributed by atoms with Gasteiger partial charge in [-0.3, -0.25) is 4.68 Å². The van der Waals surface area contributed by atoms with Gasteiger partial charge in [-0.1, -0.05) is 0 Å². The fourth-order valence-corrected chi connectivity index (χ4v) is 1.15. The zero-order valence-corrected chi connectivity index (χ0v) is 7.68. The normalized spacial score (nSPS) is 10.1. The number of hydrogen-bond donors (Lipinski definition) is 2. The molecule has 0 aromatic carbocycles. The number of aryl methyl sites for hydroxylation is 1. The van der Waals surface area contributed by atoms with Crippen molar-refractivity contribution in [3.05, 3.63) is 24.8 Å². The van der Waals surface area contributed by atoms with Crippen molar-refractivity contribution in [2.24, 2.45) is 12.9 Å². The van der Waals surface area contributed by atoms with Crippen molar-refractivity contribution >= 4 is 5.82 Å². The molecule has 0 aliphatic heterocycles. The molecule has 0 atom stereocenters. The van der Waals surface area contributed by atoms with E-state index in [4.69, 9.17) is 5.84 Å². The Labute approximate surface area is 80.8 Å². The number of nitrogens with one attached hydrogen (secondary N) is 1. The quantitative estimate of drug-likeness (QED) is 0.521. The fraction of sp³-hybridized carbons (Fsp3) is 0.125. The smallest absolute Gasteiger partial charge is 0.143 e. The van der Waals surface area contributed by atoms with Crippen molar-refractivity contribution in [3.8, 4) is 11.3 Å². The first kappa shape index (κ1) is 8.64. The van der Waals surface area contributed by atoms with Crippen molar-refractivity contribution in [1.29, 1.82) is 0 Å². The number of aromatic nitrogens is 4. The monoisotopic (exact) mass is 190 g/mol. The van der Waals surface area contributed by atoms with Crippen LogP contribution < -0.4 is 11.3 Å². The van der Waals surface area contributed by atoms with Crippen molar-refractivity contribution < 1.29 is 0 Å². The summed E-state index contributed by atoms with van der Waals surface area (Å²) in [5.74, 6) is 5.82. The SMILES string of the molecule is Cn1cc(-c2cc(NN)ncn2)cn1. The Bertz CT molecular complexity index is 435. The minimum atomic E-state index is 0.582. The van der Waals surface area contributed by atoms with Crippen LogP contribution in [0.25, 0.3) is 11.3 Å². The minimum Gasteiger partial charge on any atom is -0.308 e. The van der Waals surface area contributed by atoms with E-state index in [9.17, 15) is 0 Å². The number of hydrazine groups is 1. The number of rotatable bonds is 2. The van der Waals surface area contributed by atoms with Crippen molar-refractivity contribution in [1.82, 2.24) is 19.7 Å². The lowest BCUT2D eigenvalue weighted by Gasteiger charge is -1.99. The van der Waals surface area contributed by atoms with Gasteiger partial charge in [-0.15, -0.1) is 0 Å². The van der Waals surface area contributed by atoms with Crippen LogP contribution in [0.1, 0.15) is 0 Å². The molecule has 6 heteroatoms. The van der Waals surface area contributed by atoms with Gasteiger partial charge in [0.2, 0.25) is 0 Å². The van der Waals surface area contributed by atoms with E-state index >= 15 is 0 Å². The Morgan fingerprint density at radius 2 is 2.29 bits per heavy atom. The molecule has 0 bridgehead atoms. The zero-order valence-electron chi connectivity index (χ0n) is 7.68. The van der Waals surface area contributed by atoms with Crippen LogP contribution in [0.3, 0.4) is 0 Å². The summed E-state index contributed by atoms with van der Waals surface area (Å²) in [4.78, 5) is 8.03. The fourth-order valence-electron chi connectivity index (χ4n) is 1.15. The van der Waals surface area contributed by atoms with Gasteiger partial charge in [0.1, 0.15) is 12.1 Å². The molecule has 0 aliphatic carbocycles. The van der Waals surface area contributed by atoms with Crippen molar-refractivity contribution in [2.45, 2.75) is 0 Å². The maximum atomic E-state index is 5.24. The van der Waals surface area contributed by atoms with E-state index in [1.165, 1.54) is 6.33 Å². The lowest BCUT2D eigenvalue weighted by atomic mass is 10.2. The molecule has 0 spiro atoms. The number of nitrogens with zero attached hydrogens (tertiary/aromatic N) is 4. The van der Waals surface area contributed by atoms with Gasteiger partial charge in [0, 0.05) is 24.9 Å². The molecule has 6 nitrogen and oxygen atoms in total. The molecule has 0 saturated carbocycles. The molecule has 72 valence electrons. The summed E-state index contributed by atoms with van der Waals surface area (Å²) in [7, 11) is 1.85. The van der Waals surface area contributed by atoms with E-state index in [1.807, 2.05) is 13.2 Å². The summed E-state index contributed by atoms with van der Waals surface area (Å²) in [6.45, 7) is 0. The summed E-state index contributed by atoms with van der Waals surface area (Å²) in [6.07, 6.45) is 5.07. The van der Waals surface area contributed by atoms with Crippen LogP contribution in [0, 0.1) is 0 Å². The van der Waals surface area contributed by atoms with Gasteiger partial charge < -0.3 is 5.43 Å². The van der Waals surface area contributed by atoms with E-state index in [0.29, 0.717) is 5.82 Å². The van der Waals surface area contributed by atoms with E-state index in [-0.39, 0.29) is 0 Å². The summed E-state index contributed by atoms with van der Waals surface area (Å²) in [5.41, 5.74) is 4.19. The third kappa shape index (κ3) is 1.55. The standard InChI is InChI=1S/C8H10N6/c1-14-4-6(3-12-14)7-2-8(13-9)11-5-10-7/h2-5H,9H2,1H3,(H,10,11,13). The molecular weight excluding hydrogens is 180 g/mol. The minimum absolute atomic E-state index is 0.582. The molecule has 0 radical (unpaired) electrons. The first-order valence-electron chi connectivity index (χ1n) is 4.07. The highest BCUT2D eigenvalue weighted by Crippen LogP contribution is 2.16. The molecule has 0 amide bonds. The Morgan fingerprint density at radius 3 is 2.93 bits per heavy atom. The Balaban J connectivity index is 2.41. The molecule has 2 aromatic heterocycles. The van der Waals surface area contributed by atoms with E-state index in [0.717, 1.165) is 11.3 Å². The first-order chi connectivity index (χ1) is 6.79. The van der Waals surface area contributed by atoms with Crippen molar-refractivity contribution in [2.75, 3.05) is 5.43 Å². The van der Waals surface area contributed by atoms with E-state index in [1.54, 1.807) is 16.9 Å². The van der Waals surface area contributed by atoms with Crippen LogP contribution in [0.15, 0.2) is 24.8 Å². The second-order valence-corrected chi connectivity index (χ2v) is 2.84. The number of nitrogen functional groups attached to an aromatic ring is 1. The Morgan fingerprint density at radius 1 is 1.43 bits per heavy atom. The van der Waals surface area contributed by atoms with Gasteiger partial charge in [-0.2, -0.15) is 5.10 Å². The van der Waals surface area contributed by atoms with Gasteiger partial charge >= 0.3 is 0 Å². The maximum absolute atomic E-state index is 5.24. The topological polar surface area (TPSA) is 81.7 Å². The van der Waals surface area contributed by atoms with Crippen LogP contribution in [0.2, 0.25) is 0 Å². The Kier molecular flexibility index (Phi) is 2.11. The van der Waals surface area contributed by atoms with Crippen LogP contribution in [-0.2, 0) is 7.05 Å². The second-order valence-electron chi connectivity index (χ2n) is 2.84. The lowest BCUT2D eigenvalue weighted by Crippen LogP contribution is -2.08. The highest BCUT2D eigenvalue weighted by Gasteiger charge is 2.02. The van der Waals surface area contributed by atoms with Crippen molar-refractivity contribution in [3.63, 3.8) is 0 Å². The van der Waals surface area contributed by atoms with Crippen LogP contribution in [0.4, 0.5) is 5.82 Å². The number of anilines is 1. The lowest BCUT2D eigenvalue weighted by molar-refractivity contribution is 0.768. The summed E-state index contributed by atoms with van der Waals surface area (Å²) in [5, 5.41) is 4.05. The largest absolute Gasteiger partial charge is 0.308 e.